The van der Waals surface area contributed by atoms with Crippen LogP contribution in [-0.2, 0) is 16.1 Å². The fourth-order valence-corrected chi connectivity index (χ4v) is 4.45. The quantitative estimate of drug-likeness (QED) is 0.598. The number of aromatic nitrogens is 1. The van der Waals surface area contributed by atoms with Gasteiger partial charge in [-0.25, -0.2) is 4.98 Å². The molecule has 3 aromatic rings. The highest BCUT2D eigenvalue weighted by Gasteiger charge is 2.19. The van der Waals surface area contributed by atoms with Crippen LogP contribution in [0.15, 0.2) is 48.5 Å². The lowest BCUT2D eigenvalue weighted by Crippen LogP contribution is -2.35. The van der Waals surface area contributed by atoms with Crippen LogP contribution in [0.4, 0.5) is 5.13 Å². The lowest BCUT2D eigenvalue weighted by atomic mass is 10.1. The van der Waals surface area contributed by atoms with Crippen LogP contribution in [0, 0.1) is 13.8 Å². The Hall–Kier alpha value is -2.74. The predicted molar refractivity (Wildman–Crippen MR) is 124 cm³/mol. The van der Waals surface area contributed by atoms with Gasteiger partial charge in [0.1, 0.15) is 5.75 Å². The van der Waals surface area contributed by atoms with Gasteiger partial charge in [-0.3, -0.25) is 15.0 Å². The first kappa shape index (κ1) is 21.5. The summed E-state index contributed by atoms with van der Waals surface area (Å²) in [6.07, 6.45) is 0. The number of hydrogen-bond acceptors (Lipinski definition) is 6. The summed E-state index contributed by atoms with van der Waals surface area (Å²) < 4.78 is 11.1. The summed E-state index contributed by atoms with van der Waals surface area (Å²) in [5.74, 6) is 0.472. The number of carbonyl (C=O) groups excluding carboxylic acids is 1. The van der Waals surface area contributed by atoms with Gasteiger partial charge in [0.2, 0.25) is 0 Å². The fourth-order valence-electron chi connectivity index (χ4n) is 3.40. The summed E-state index contributed by atoms with van der Waals surface area (Å²) >= 11 is 1.52. The van der Waals surface area contributed by atoms with E-state index >= 15 is 0 Å². The molecule has 6 nitrogen and oxygen atoms in total. The highest BCUT2D eigenvalue weighted by Crippen LogP contribution is 2.32. The highest BCUT2D eigenvalue weighted by molar-refractivity contribution is 7.16. The van der Waals surface area contributed by atoms with E-state index in [2.05, 4.69) is 10.2 Å². The number of amides is 1. The molecule has 7 heteroatoms. The van der Waals surface area contributed by atoms with Gasteiger partial charge in [-0.2, -0.15) is 0 Å². The van der Waals surface area contributed by atoms with Crippen LogP contribution in [0.1, 0.15) is 16.0 Å². The first-order valence-electron chi connectivity index (χ1n) is 10.4. The molecule has 1 aliphatic rings. The van der Waals surface area contributed by atoms with Crippen molar-refractivity contribution in [3.8, 4) is 17.0 Å². The van der Waals surface area contributed by atoms with Crippen molar-refractivity contribution in [1.29, 1.82) is 0 Å². The number of hydrogen-bond donors (Lipinski definition) is 1. The van der Waals surface area contributed by atoms with Crippen molar-refractivity contribution in [2.45, 2.75) is 20.4 Å². The Morgan fingerprint density at radius 3 is 2.65 bits per heavy atom. The number of benzene rings is 2. The molecule has 2 aromatic carbocycles. The number of nitrogens with one attached hydrogen (secondary N) is 1. The Bertz CT molecular complexity index is 1030. The van der Waals surface area contributed by atoms with Crippen LogP contribution in [0.2, 0.25) is 0 Å². The summed E-state index contributed by atoms with van der Waals surface area (Å²) in [4.78, 5) is 20.7. The minimum atomic E-state index is -0.218. The van der Waals surface area contributed by atoms with Crippen molar-refractivity contribution in [2.24, 2.45) is 0 Å². The van der Waals surface area contributed by atoms with Crippen LogP contribution in [0.3, 0.4) is 0 Å². The summed E-state index contributed by atoms with van der Waals surface area (Å²) in [6.45, 7) is 8.11. The van der Waals surface area contributed by atoms with E-state index in [9.17, 15) is 4.79 Å². The predicted octanol–water partition coefficient (Wildman–Crippen LogP) is 4.28. The molecule has 1 aliphatic heterocycles. The highest BCUT2D eigenvalue weighted by atomic mass is 32.1. The van der Waals surface area contributed by atoms with Gasteiger partial charge in [-0.15, -0.1) is 0 Å². The molecule has 0 radical (unpaired) electrons. The fraction of sp³-hybridized carbons (Fsp3) is 0.333. The second kappa shape index (κ2) is 10.0. The molecular weight excluding hydrogens is 410 g/mol. The van der Waals surface area contributed by atoms with Crippen molar-refractivity contribution in [1.82, 2.24) is 9.88 Å². The molecule has 4 rings (SSSR count). The second-order valence-corrected chi connectivity index (χ2v) is 8.71. The van der Waals surface area contributed by atoms with Crippen molar-refractivity contribution in [2.75, 3.05) is 38.2 Å². The standard InChI is InChI=1S/C24H27N3O3S/c1-17-8-9-20(14-18(17)2)30-16-22(28)25-24-26-23(19-6-4-3-5-7-19)21(31-24)15-27-10-12-29-13-11-27/h3-9,14H,10-13,15-16H2,1-2H3,(H,25,26,28). The molecular formula is C24H27N3O3S. The van der Waals surface area contributed by atoms with Crippen molar-refractivity contribution < 1.29 is 14.3 Å². The maximum Gasteiger partial charge on any atom is 0.264 e. The van der Waals surface area contributed by atoms with Crippen LogP contribution in [-0.4, -0.2) is 48.7 Å². The molecule has 31 heavy (non-hydrogen) atoms. The van der Waals surface area contributed by atoms with Crippen LogP contribution < -0.4 is 10.1 Å². The summed E-state index contributed by atoms with van der Waals surface area (Å²) in [7, 11) is 0. The van der Waals surface area contributed by atoms with E-state index in [0.29, 0.717) is 10.9 Å². The number of nitrogens with zero attached hydrogens (tertiary/aromatic N) is 2. The average molecular weight is 438 g/mol. The third-order valence-electron chi connectivity index (χ3n) is 5.31. The van der Waals surface area contributed by atoms with E-state index in [1.165, 1.54) is 16.9 Å². The van der Waals surface area contributed by atoms with Gasteiger partial charge in [0.05, 0.1) is 18.9 Å². The average Bonchev–Trinajstić information content (AvgIpc) is 3.18. The first-order valence-corrected chi connectivity index (χ1v) is 11.3. The largest absolute Gasteiger partial charge is 0.484 e. The monoisotopic (exact) mass is 437 g/mol. The van der Waals surface area contributed by atoms with E-state index in [4.69, 9.17) is 14.5 Å². The minimum Gasteiger partial charge on any atom is -0.484 e. The lowest BCUT2D eigenvalue weighted by molar-refractivity contribution is -0.118. The summed E-state index contributed by atoms with van der Waals surface area (Å²) in [5.41, 5.74) is 4.30. The normalized spacial score (nSPS) is 14.4. The molecule has 0 aliphatic carbocycles. The molecule has 1 fully saturated rings. The van der Waals surface area contributed by atoms with E-state index in [0.717, 1.165) is 54.5 Å². The van der Waals surface area contributed by atoms with Crippen molar-refractivity contribution in [3.05, 3.63) is 64.5 Å². The number of rotatable bonds is 7. The van der Waals surface area contributed by atoms with E-state index in [1.807, 2.05) is 62.4 Å². The Kier molecular flexibility index (Phi) is 6.96. The van der Waals surface area contributed by atoms with Gasteiger partial charge in [0.15, 0.2) is 11.7 Å². The topological polar surface area (TPSA) is 63.7 Å². The van der Waals surface area contributed by atoms with Gasteiger partial charge < -0.3 is 9.47 Å². The Morgan fingerprint density at radius 1 is 1.13 bits per heavy atom. The lowest BCUT2D eigenvalue weighted by Gasteiger charge is -2.26. The maximum absolute atomic E-state index is 12.5. The molecule has 2 heterocycles. The van der Waals surface area contributed by atoms with Gasteiger partial charge >= 0.3 is 0 Å². The zero-order valence-electron chi connectivity index (χ0n) is 17.9. The smallest absolute Gasteiger partial charge is 0.264 e. The van der Waals surface area contributed by atoms with E-state index in [1.54, 1.807) is 0 Å². The number of aryl methyl sites for hydroxylation is 2. The molecule has 0 bridgehead atoms. The van der Waals surface area contributed by atoms with Gasteiger partial charge in [0, 0.05) is 30.1 Å². The number of thiazole rings is 1. The number of ether oxygens (including phenoxy) is 2. The molecule has 0 atom stereocenters. The molecule has 1 amide bonds. The van der Waals surface area contributed by atoms with Gasteiger partial charge in [-0.1, -0.05) is 47.7 Å². The molecule has 0 spiro atoms. The third kappa shape index (κ3) is 5.70. The molecule has 1 saturated heterocycles. The van der Waals surface area contributed by atoms with E-state index in [-0.39, 0.29) is 12.5 Å². The second-order valence-electron chi connectivity index (χ2n) is 7.63. The summed E-state index contributed by atoms with van der Waals surface area (Å²) in [6, 6.07) is 15.9. The number of carbonyl (C=O) groups is 1. The minimum absolute atomic E-state index is 0.0540. The maximum atomic E-state index is 12.5. The molecule has 1 aromatic heterocycles. The zero-order valence-corrected chi connectivity index (χ0v) is 18.7. The SMILES string of the molecule is Cc1ccc(OCC(=O)Nc2nc(-c3ccccc3)c(CN3CCOCC3)s2)cc1C. The van der Waals surface area contributed by atoms with Crippen LogP contribution in [0.5, 0.6) is 5.75 Å². The van der Waals surface area contributed by atoms with Crippen molar-refractivity contribution >= 4 is 22.4 Å². The van der Waals surface area contributed by atoms with Crippen LogP contribution in [0.25, 0.3) is 11.3 Å². The Balaban J connectivity index is 1.45. The first-order chi connectivity index (χ1) is 15.1. The summed E-state index contributed by atoms with van der Waals surface area (Å²) in [5, 5.41) is 3.50. The van der Waals surface area contributed by atoms with Gasteiger partial charge in [0.25, 0.3) is 5.91 Å². The third-order valence-corrected chi connectivity index (χ3v) is 6.27. The van der Waals surface area contributed by atoms with Gasteiger partial charge in [-0.05, 0) is 37.1 Å². The molecule has 1 N–H and O–H groups in total. The number of anilines is 1. The van der Waals surface area contributed by atoms with E-state index < -0.39 is 0 Å². The Morgan fingerprint density at radius 2 is 1.90 bits per heavy atom. The zero-order chi connectivity index (χ0) is 21.6. The van der Waals surface area contributed by atoms with Crippen molar-refractivity contribution in [3.63, 3.8) is 0 Å². The molecule has 0 unspecified atom stereocenters. The molecule has 162 valence electrons. The molecule has 0 saturated carbocycles. The number of morpholine rings is 1. The Labute approximate surface area is 186 Å². The van der Waals surface area contributed by atoms with Crippen LogP contribution >= 0.6 is 11.3 Å².